The number of Topliss-reactive ketones (excluding diaryl/α,β-unsaturated/α-hetero) is 1. The Labute approximate surface area is 354 Å². The predicted molar refractivity (Wildman–Crippen MR) is 221 cm³/mol. The van der Waals surface area contributed by atoms with Crippen LogP contribution in [0.15, 0.2) is 67.1 Å². The number of hydrogen-bond donors (Lipinski definition) is 4. The normalized spacial score (nSPS) is 14.6. The van der Waals surface area contributed by atoms with Crippen LogP contribution >= 0.6 is 0 Å². The number of nitrogens with one attached hydrogen (secondary N) is 3. The minimum absolute atomic E-state index is 0.0134. The van der Waals surface area contributed by atoms with Crippen molar-refractivity contribution >= 4 is 52.4 Å². The number of fused-ring (bicyclic) bond motifs is 2. The Kier molecular flexibility index (Phi) is 12.7. The number of benzene rings is 2. The van der Waals surface area contributed by atoms with Gasteiger partial charge in [0.15, 0.2) is 11.6 Å². The van der Waals surface area contributed by atoms with Crippen LogP contribution in [0.4, 0.5) is 10.1 Å². The van der Waals surface area contributed by atoms with E-state index in [0.717, 1.165) is 17.7 Å². The molecule has 5 aromatic rings. The van der Waals surface area contributed by atoms with Crippen LogP contribution < -0.4 is 20.7 Å². The predicted octanol–water partition coefficient (Wildman–Crippen LogP) is 4.32. The van der Waals surface area contributed by atoms with Crippen molar-refractivity contribution in [3.8, 4) is 28.7 Å². The molecule has 0 bridgehead atoms. The van der Waals surface area contributed by atoms with E-state index < -0.39 is 41.4 Å². The molecule has 5 heterocycles. The number of ether oxygens (including phenoxy) is 1. The van der Waals surface area contributed by atoms with Gasteiger partial charge in [-0.25, -0.2) is 4.39 Å². The van der Waals surface area contributed by atoms with Crippen LogP contribution in [0.3, 0.4) is 0 Å². The van der Waals surface area contributed by atoms with Crippen LogP contribution in [-0.2, 0) is 28.0 Å². The number of aryl methyl sites for hydroxylation is 1. The van der Waals surface area contributed by atoms with Crippen LogP contribution in [0.2, 0.25) is 0 Å². The number of nitrogens with zero attached hydrogens (tertiary/aromatic N) is 4. The highest BCUT2D eigenvalue weighted by Gasteiger charge is 2.45. The number of imide groups is 2. The summed E-state index contributed by atoms with van der Waals surface area (Å²) in [6.45, 7) is 1.35. The number of pyridine rings is 1. The Morgan fingerprint density at radius 2 is 1.82 bits per heavy atom. The second-order valence-corrected chi connectivity index (χ2v) is 14.9. The number of unbranched alkanes of at least 4 members (excludes halogenated alkanes) is 3. The van der Waals surface area contributed by atoms with E-state index >= 15 is 4.39 Å². The average Bonchev–Trinajstić information content (AvgIpc) is 3.93. The number of carbonyl (C=O) groups is 7. The number of anilines is 1. The topological polar surface area (TPSA) is 211 Å². The van der Waals surface area contributed by atoms with Gasteiger partial charge in [0, 0.05) is 62.0 Å². The highest BCUT2D eigenvalue weighted by atomic mass is 19.1. The summed E-state index contributed by atoms with van der Waals surface area (Å²) in [5, 5.41) is 21.5. The molecule has 1 unspecified atom stereocenters. The van der Waals surface area contributed by atoms with E-state index in [9.17, 15) is 38.7 Å². The maximum Gasteiger partial charge on any atom is 0.263 e. The third-order valence-electron chi connectivity index (χ3n) is 10.6. The van der Waals surface area contributed by atoms with E-state index in [1.807, 2.05) is 0 Å². The van der Waals surface area contributed by atoms with Crippen LogP contribution in [0, 0.1) is 17.7 Å². The maximum absolute atomic E-state index is 15.7. The lowest BCUT2D eigenvalue weighted by atomic mass is 10.0. The zero-order valence-electron chi connectivity index (χ0n) is 33.9. The first-order chi connectivity index (χ1) is 29.8. The van der Waals surface area contributed by atoms with Crippen LogP contribution in [0.5, 0.6) is 5.75 Å². The first-order valence-electron chi connectivity index (χ1n) is 20.0. The fraction of sp³-hybridized carbons (Fsp3) is 0.289. The Bertz CT molecular complexity index is 2730. The number of aliphatic hydroxyl groups is 1. The number of aromatic nitrogens is 3. The molecule has 0 saturated carbocycles. The molecule has 1 saturated heterocycles. The maximum atomic E-state index is 15.7. The first kappa shape index (κ1) is 42.7. The Morgan fingerprint density at radius 1 is 1.02 bits per heavy atom. The largest absolute Gasteiger partial charge is 0.493 e. The molecule has 6 amide bonds. The van der Waals surface area contributed by atoms with Gasteiger partial charge in [-0.2, -0.15) is 5.10 Å². The van der Waals surface area contributed by atoms with Crippen molar-refractivity contribution in [2.24, 2.45) is 7.05 Å². The van der Waals surface area contributed by atoms with Crippen molar-refractivity contribution < 1.29 is 47.8 Å². The smallest absolute Gasteiger partial charge is 0.263 e. The van der Waals surface area contributed by atoms with Crippen LogP contribution in [0.1, 0.15) is 105 Å². The van der Waals surface area contributed by atoms with E-state index in [-0.39, 0.29) is 77.7 Å². The first-order valence-corrected chi connectivity index (χ1v) is 20.0. The molecule has 2 aliphatic rings. The van der Waals surface area contributed by atoms with Gasteiger partial charge in [0.1, 0.15) is 11.8 Å². The molecule has 1 atom stereocenters. The number of hydrogen-bond acceptors (Lipinski definition) is 10. The van der Waals surface area contributed by atoms with Gasteiger partial charge in [0.2, 0.25) is 17.7 Å². The second-order valence-electron chi connectivity index (χ2n) is 14.9. The molecule has 2 aromatic carbocycles. The summed E-state index contributed by atoms with van der Waals surface area (Å²) in [4.78, 5) is 89.8. The molecule has 16 nitrogen and oxygen atoms in total. The standard InChI is InChI=1S/C45H42FN7O9/c1-26(55)36-22-33(42(58)49-34-20-27(25-54)19-32(41(34)46)29-23-48-51(2)24-29)37-21-30(15-17-52(36)37)62-18-6-4-3-5-12-38(56)47-16-8-10-28-9-7-11-31-40(28)45(61)53(44(31)60)35-13-14-39(57)50-43(35)59/h7,9,11,15,17,19-24,35,54H,3-6,12-14,16,18,25H2,1-2H3,(H,47,56)(H,49,58)(H,50,57,59). The van der Waals surface area contributed by atoms with Gasteiger partial charge in [0.25, 0.3) is 17.7 Å². The van der Waals surface area contributed by atoms with Gasteiger partial charge >= 0.3 is 0 Å². The lowest BCUT2D eigenvalue weighted by Gasteiger charge is -2.27. The molecule has 17 heteroatoms. The van der Waals surface area contributed by atoms with Crippen molar-refractivity contribution in [3.05, 3.63) is 106 Å². The summed E-state index contributed by atoms with van der Waals surface area (Å²) in [5.74, 6) is 1.84. The lowest BCUT2D eigenvalue weighted by Crippen LogP contribution is -2.54. The molecule has 2 aliphatic heterocycles. The van der Waals surface area contributed by atoms with E-state index in [0.29, 0.717) is 47.4 Å². The third kappa shape index (κ3) is 9.00. The fourth-order valence-electron chi connectivity index (χ4n) is 7.47. The summed E-state index contributed by atoms with van der Waals surface area (Å²) in [5.41, 5.74) is 2.10. The van der Waals surface area contributed by atoms with Crippen molar-refractivity contribution in [2.45, 2.75) is 64.5 Å². The molecule has 7 rings (SSSR count). The summed E-state index contributed by atoms with van der Waals surface area (Å²) < 4.78 is 24.8. The van der Waals surface area contributed by atoms with Gasteiger partial charge in [-0.3, -0.25) is 48.5 Å². The molecule has 0 radical (unpaired) electrons. The van der Waals surface area contributed by atoms with Crippen molar-refractivity contribution in [1.82, 2.24) is 29.7 Å². The number of amides is 6. The molecule has 0 aliphatic carbocycles. The van der Waals surface area contributed by atoms with Crippen molar-refractivity contribution in [3.63, 3.8) is 0 Å². The number of carbonyl (C=O) groups excluding carboxylic acids is 7. The number of rotatable bonds is 15. The van der Waals surface area contributed by atoms with Crippen molar-refractivity contribution in [1.29, 1.82) is 0 Å². The fourth-order valence-corrected chi connectivity index (χ4v) is 7.47. The number of ketones is 1. The molecule has 4 N–H and O–H groups in total. The SMILES string of the molecule is CC(=O)c1cc(C(=O)Nc2cc(CO)cc(-c3cnn(C)c3)c2F)c2cc(OCCCCCCC(=O)NCC#Cc3cccc4c3C(=O)N(C3CCC(=O)NC3=O)C4=O)ccn12. The van der Waals surface area contributed by atoms with E-state index in [1.54, 1.807) is 48.1 Å². The monoisotopic (exact) mass is 843 g/mol. The minimum atomic E-state index is -1.08. The molecule has 3 aromatic heterocycles. The molecule has 62 heavy (non-hydrogen) atoms. The van der Waals surface area contributed by atoms with Crippen LogP contribution in [-0.4, -0.2) is 84.6 Å². The number of aliphatic hydroxyl groups excluding tert-OH is 1. The molecular formula is C45H42FN7O9. The van der Waals surface area contributed by atoms with Gasteiger partial charge in [-0.1, -0.05) is 30.7 Å². The zero-order valence-corrected chi connectivity index (χ0v) is 33.9. The zero-order chi connectivity index (χ0) is 44.1. The number of halogens is 1. The summed E-state index contributed by atoms with van der Waals surface area (Å²) in [6, 6.07) is 11.2. The minimum Gasteiger partial charge on any atom is -0.493 e. The van der Waals surface area contributed by atoms with Gasteiger partial charge < -0.3 is 24.9 Å². The Morgan fingerprint density at radius 3 is 2.56 bits per heavy atom. The van der Waals surface area contributed by atoms with Gasteiger partial charge in [0.05, 0.1) is 59.5 Å². The Hall–Kier alpha value is -7.45. The van der Waals surface area contributed by atoms with Crippen molar-refractivity contribution in [2.75, 3.05) is 18.5 Å². The highest BCUT2D eigenvalue weighted by Crippen LogP contribution is 2.32. The van der Waals surface area contributed by atoms with Gasteiger partial charge in [-0.15, -0.1) is 0 Å². The van der Waals surface area contributed by atoms with E-state index in [4.69, 9.17) is 4.74 Å². The molecular weight excluding hydrogens is 802 g/mol. The summed E-state index contributed by atoms with van der Waals surface area (Å²) >= 11 is 0. The summed E-state index contributed by atoms with van der Waals surface area (Å²) in [7, 11) is 1.69. The van der Waals surface area contributed by atoms with Crippen LogP contribution in [0.25, 0.3) is 16.6 Å². The quantitative estimate of drug-likeness (QED) is 0.0508. The molecule has 318 valence electrons. The van der Waals surface area contributed by atoms with Gasteiger partial charge in [-0.05, 0) is 61.2 Å². The third-order valence-corrected chi connectivity index (χ3v) is 10.6. The Balaban J connectivity index is 0.879. The van der Waals surface area contributed by atoms with E-state index in [2.05, 4.69) is 32.9 Å². The number of piperidine rings is 1. The van der Waals surface area contributed by atoms with E-state index in [1.165, 1.54) is 42.1 Å². The average molecular weight is 844 g/mol. The molecule has 0 spiro atoms. The second kappa shape index (κ2) is 18.4. The lowest BCUT2D eigenvalue weighted by molar-refractivity contribution is -0.136. The highest BCUT2D eigenvalue weighted by molar-refractivity contribution is 6.24. The molecule has 1 fully saturated rings. The summed E-state index contributed by atoms with van der Waals surface area (Å²) in [6.07, 6.45) is 7.86.